The lowest BCUT2D eigenvalue weighted by molar-refractivity contribution is -0.151. The Bertz CT molecular complexity index is 161. The molecule has 0 N–H and O–H groups in total. The summed E-state index contributed by atoms with van der Waals surface area (Å²) in [6, 6.07) is 0.162. The first-order chi connectivity index (χ1) is 6.53. The molecule has 1 saturated carbocycles. The van der Waals surface area contributed by atoms with Gasteiger partial charge >= 0.3 is 6.18 Å². The van der Waals surface area contributed by atoms with E-state index >= 15 is 0 Å². The number of hydrogen-bond acceptors (Lipinski definition) is 1. The largest absolute Gasteiger partial charge is 0.401 e. The molecule has 84 valence electrons. The van der Waals surface area contributed by atoms with Crippen molar-refractivity contribution < 1.29 is 13.2 Å². The Labute approximate surface area is 83.3 Å². The first-order valence-corrected chi connectivity index (χ1v) is 5.33. The average Bonchev–Trinajstić information content (AvgIpc) is 2.14. The highest BCUT2D eigenvalue weighted by Crippen LogP contribution is 2.25. The van der Waals surface area contributed by atoms with Crippen LogP contribution < -0.4 is 0 Å². The quantitative estimate of drug-likeness (QED) is 0.690. The fourth-order valence-corrected chi connectivity index (χ4v) is 2.18. The van der Waals surface area contributed by atoms with Crippen molar-refractivity contribution in [2.75, 3.05) is 13.1 Å². The molecule has 0 saturated heterocycles. The van der Waals surface area contributed by atoms with Gasteiger partial charge in [-0.25, -0.2) is 0 Å². The average molecular weight is 209 g/mol. The molecule has 1 fully saturated rings. The normalized spacial score (nSPS) is 20.4. The van der Waals surface area contributed by atoms with Crippen molar-refractivity contribution in [2.24, 2.45) is 0 Å². The Hall–Kier alpha value is -0.250. The van der Waals surface area contributed by atoms with Gasteiger partial charge in [-0.3, -0.25) is 4.90 Å². The van der Waals surface area contributed by atoms with Gasteiger partial charge in [0.25, 0.3) is 0 Å². The van der Waals surface area contributed by atoms with Crippen molar-refractivity contribution in [3.05, 3.63) is 0 Å². The summed E-state index contributed by atoms with van der Waals surface area (Å²) in [5.74, 6) is 0. The van der Waals surface area contributed by atoms with Gasteiger partial charge in [-0.2, -0.15) is 13.2 Å². The van der Waals surface area contributed by atoms with Crippen LogP contribution in [0.15, 0.2) is 0 Å². The number of hydrogen-bond donors (Lipinski definition) is 0. The molecule has 0 aromatic heterocycles. The molecule has 0 bridgehead atoms. The zero-order valence-corrected chi connectivity index (χ0v) is 8.61. The maximum absolute atomic E-state index is 12.2. The fraction of sp³-hybridized carbons (Fsp3) is 1.00. The van der Waals surface area contributed by atoms with Crippen molar-refractivity contribution in [1.29, 1.82) is 0 Å². The van der Waals surface area contributed by atoms with Crippen molar-refractivity contribution in [1.82, 2.24) is 4.90 Å². The first-order valence-electron chi connectivity index (χ1n) is 5.33. The molecule has 0 amide bonds. The zero-order valence-electron chi connectivity index (χ0n) is 8.61. The Morgan fingerprint density at radius 1 is 1.14 bits per heavy atom. The third-order valence-corrected chi connectivity index (χ3v) is 2.88. The minimum atomic E-state index is -4.05. The molecule has 0 spiro atoms. The topological polar surface area (TPSA) is 3.24 Å². The van der Waals surface area contributed by atoms with E-state index in [1.54, 1.807) is 11.8 Å². The molecule has 0 aliphatic heterocycles. The molecule has 0 heterocycles. The van der Waals surface area contributed by atoms with Gasteiger partial charge in [-0.1, -0.05) is 26.2 Å². The molecule has 0 unspecified atom stereocenters. The Kier molecular flexibility index (Phi) is 4.23. The van der Waals surface area contributed by atoms with E-state index in [1.165, 1.54) is 6.42 Å². The van der Waals surface area contributed by atoms with E-state index in [9.17, 15) is 13.2 Å². The van der Waals surface area contributed by atoms with Crippen molar-refractivity contribution in [3.63, 3.8) is 0 Å². The Morgan fingerprint density at radius 2 is 1.71 bits per heavy atom. The van der Waals surface area contributed by atoms with Gasteiger partial charge in [0.1, 0.15) is 0 Å². The Morgan fingerprint density at radius 3 is 2.14 bits per heavy atom. The number of rotatable bonds is 3. The third-order valence-electron chi connectivity index (χ3n) is 2.88. The van der Waals surface area contributed by atoms with Gasteiger partial charge in [0.15, 0.2) is 0 Å². The highest BCUT2D eigenvalue weighted by molar-refractivity contribution is 4.76. The molecular weight excluding hydrogens is 191 g/mol. The van der Waals surface area contributed by atoms with E-state index in [1.807, 2.05) is 0 Å². The second-order valence-corrected chi connectivity index (χ2v) is 3.97. The number of alkyl halides is 3. The molecule has 0 aromatic carbocycles. The van der Waals surface area contributed by atoms with Gasteiger partial charge in [0.2, 0.25) is 0 Å². The summed E-state index contributed by atoms with van der Waals surface area (Å²) >= 11 is 0. The van der Waals surface area contributed by atoms with E-state index in [4.69, 9.17) is 0 Å². The molecule has 14 heavy (non-hydrogen) atoms. The summed E-state index contributed by atoms with van der Waals surface area (Å²) in [6.07, 6.45) is 1.17. The second kappa shape index (κ2) is 5.01. The molecule has 0 aromatic rings. The lowest BCUT2D eigenvalue weighted by Gasteiger charge is -2.33. The maximum Gasteiger partial charge on any atom is 0.401 e. The SMILES string of the molecule is CCN(CC(F)(F)F)C1CCCCC1. The van der Waals surface area contributed by atoms with Gasteiger partial charge < -0.3 is 0 Å². The van der Waals surface area contributed by atoms with Crippen LogP contribution in [0, 0.1) is 0 Å². The van der Waals surface area contributed by atoms with E-state index in [0.29, 0.717) is 6.54 Å². The highest BCUT2D eigenvalue weighted by Gasteiger charge is 2.33. The summed E-state index contributed by atoms with van der Waals surface area (Å²) < 4.78 is 36.6. The van der Waals surface area contributed by atoms with Crippen molar-refractivity contribution in [3.8, 4) is 0 Å². The monoisotopic (exact) mass is 209 g/mol. The molecule has 4 heteroatoms. The van der Waals surface area contributed by atoms with Gasteiger partial charge in [-0.05, 0) is 19.4 Å². The molecular formula is C10H18F3N. The first kappa shape index (κ1) is 11.8. The van der Waals surface area contributed by atoms with Crippen LogP contribution in [0.5, 0.6) is 0 Å². The summed E-state index contributed by atoms with van der Waals surface area (Å²) in [5.41, 5.74) is 0. The number of nitrogens with zero attached hydrogens (tertiary/aromatic N) is 1. The minimum Gasteiger partial charge on any atom is -0.292 e. The maximum atomic E-state index is 12.2. The van der Waals surface area contributed by atoms with Crippen LogP contribution >= 0.6 is 0 Å². The van der Waals surface area contributed by atoms with E-state index < -0.39 is 12.7 Å². The molecule has 1 aliphatic rings. The van der Waals surface area contributed by atoms with Crippen LogP contribution in [-0.4, -0.2) is 30.2 Å². The fourth-order valence-electron chi connectivity index (χ4n) is 2.18. The summed E-state index contributed by atoms with van der Waals surface area (Å²) in [6.45, 7) is 1.57. The van der Waals surface area contributed by atoms with Crippen LogP contribution in [0.1, 0.15) is 39.0 Å². The third kappa shape index (κ3) is 3.86. The van der Waals surface area contributed by atoms with Gasteiger partial charge in [-0.15, -0.1) is 0 Å². The second-order valence-electron chi connectivity index (χ2n) is 3.97. The summed E-state index contributed by atoms with van der Waals surface area (Å²) in [5, 5.41) is 0. The summed E-state index contributed by atoms with van der Waals surface area (Å²) in [4.78, 5) is 1.57. The molecule has 0 radical (unpaired) electrons. The van der Waals surface area contributed by atoms with E-state index in [0.717, 1.165) is 25.7 Å². The van der Waals surface area contributed by atoms with Crippen LogP contribution in [-0.2, 0) is 0 Å². The van der Waals surface area contributed by atoms with E-state index in [2.05, 4.69) is 0 Å². The van der Waals surface area contributed by atoms with E-state index in [-0.39, 0.29) is 6.04 Å². The molecule has 0 atom stereocenters. The zero-order chi connectivity index (χ0) is 10.6. The molecule has 1 nitrogen and oxygen atoms in total. The van der Waals surface area contributed by atoms with Crippen molar-refractivity contribution >= 4 is 0 Å². The van der Waals surface area contributed by atoms with Crippen LogP contribution in [0.2, 0.25) is 0 Å². The smallest absolute Gasteiger partial charge is 0.292 e. The van der Waals surface area contributed by atoms with Gasteiger partial charge in [0, 0.05) is 6.04 Å². The molecule has 1 rings (SSSR count). The van der Waals surface area contributed by atoms with Crippen molar-refractivity contribution in [2.45, 2.75) is 51.2 Å². The summed E-state index contributed by atoms with van der Waals surface area (Å²) in [7, 11) is 0. The van der Waals surface area contributed by atoms with Gasteiger partial charge in [0.05, 0.1) is 6.54 Å². The number of halogens is 3. The van der Waals surface area contributed by atoms with Crippen LogP contribution in [0.4, 0.5) is 13.2 Å². The molecule has 1 aliphatic carbocycles. The predicted octanol–water partition coefficient (Wildman–Crippen LogP) is 3.20. The highest BCUT2D eigenvalue weighted by atomic mass is 19.4. The lowest BCUT2D eigenvalue weighted by Crippen LogP contribution is -2.42. The minimum absolute atomic E-state index is 0.162. The van der Waals surface area contributed by atoms with Crippen LogP contribution in [0.25, 0.3) is 0 Å². The standard InChI is InChI=1S/C10H18F3N/c1-2-14(8-10(11,12)13)9-6-4-3-5-7-9/h9H,2-8H2,1H3. The predicted molar refractivity (Wildman–Crippen MR) is 50.2 cm³/mol. The van der Waals surface area contributed by atoms with Crippen LogP contribution in [0.3, 0.4) is 0 Å². The Balaban J connectivity index is 2.43. The lowest BCUT2D eigenvalue weighted by atomic mass is 9.94.